The van der Waals surface area contributed by atoms with Crippen LogP contribution in [-0.4, -0.2) is 11.7 Å². The van der Waals surface area contributed by atoms with Crippen LogP contribution < -0.4 is 11.1 Å². The van der Waals surface area contributed by atoms with Crippen molar-refractivity contribution in [1.82, 2.24) is 5.32 Å². The first kappa shape index (κ1) is 14.4. The third-order valence-electron chi connectivity index (χ3n) is 2.37. The summed E-state index contributed by atoms with van der Waals surface area (Å²) in [6.07, 6.45) is 0. The zero-order valence-electron chi connectivity index (χ0n) is 10.1. The highest BCUT2D eigenvalue weighted by molar-refractivity contribution is 9.10. The van der Waals surface area contributed by atoms with Crippen molar-refractivity contribution >= 4 is 50.6 Å². The highest BCUT2D eigenvalue weighted by Crippen LogP contribution is 2.27. The van der Waals surface area contributed by atoms with Crippen molar-refractivity contribution in [2.45, 2.75) is 11.4 Å². The van der Waals surface area contributed by atoms with E-state index < -0.39 is 0 Å². The molecule has 1 aromatic heterocycles. The van der Waals surface area contributed by atoms with Crippen LogP contribution in [0.15, 0.2) is 45.1 Å². The molecule has 1 aromatic carbocycles. The molecule has 1 amide bonds. The minimum Gasteiger partial charge on any atom is -0.398 e. The number of hydrogen-bond donors (Lipinski definition) is 2. The molecule has 0 saturated heterocycles. The minimum atomic E-state index is 0.0146. The molecule has 0 radical (unpaired) electrons. The van der Waals surface area contributed by atoms with Gasteiger partial charge in [-0.1, -0.05) is 22.0 Å². The van der Waals surface area contributed by atoms with E-state index in [0.717, 1.165) is 14.2 Å². The van der Waals surface area contributed by atoms with Crippen LogP contribution in [0.3, 0.4) is 0 Å². The van der Waals surface area contributed by atoms with Crippen molar-refractivity contribution in [1.29, 1.82) is 0 Å². The second-order valence-corrected chi connectivity index (χ2v) is 6.79. The number of amides is 1. The number of anilines is 1. The molecule has 0 aliphatic heterocycles. The number of nitrogens with two attached hydrogens (primary N) is 1. The Hall–Kier alpha value is -0.980. The molecule has 3 nitrogen and oxygen atoms in total. The Morgan fingerprint density at radius 3 is 2.95 bits per heavy atom. The largest absolute Gasteiger partial charge is 0.398 e. The average Bonchev–Trinajstić information content (AvgIpc) is 2.88. The van der Waals surface area contributed by atoms with Crippen LogP contribution in [0.5, 0.6) is 0 Å². The van der Waals surface area contributed by atoms with Crippen molar-refractivity contribution in [3.05, 3.63) is 45.1 Å². The number of nitrogens with one attached hydrogen (secondary N) is 1. The molecule has 0 aliphatic carbocycles. The number of halogens is 1. The Morgan fingerprint density at radius 1 is 1.42 bits per heavy atom. The van der Waals surface area contributed by atoms with E-state index in [-0.39, 0.29) is 5.91 Å². The number of thioether (sulfide) groups is 1. The number of hydrogen-bond acceptors (Lipinski definition) is 4. The normalized spacial score (nSPS) is 10.4. The van der Waals surface area contributed by atoms with Gasteiger partial charge in [0.1, 0.15) is 0 Å². The van der Waals surface area contributed by atoms with E-state index in [4.69, 9.17) is 5.73 Å². The van der Waals surface area contributed by atoms with E-state index in [9.17, 15) is 4.79 Å². The summed E-state index contributed by atoms with van der Waals surface area (Å²) in [5.41, 5.74) is 6.56. The van der Waals surface area contributed by atoms with Crippen molar-refractivity contribution < 1.29 is 4.79 Å². The van der Waals surface area contributed by atoms with E-state index in [1.54, 1.807) is 11.3 Å². The van der Waals surface area contributed by atoms with E-state index in [0.29, 0.717) is 18.0 Å². The van der Waals surface area contributed by atoms with E-state index in [1.165, 1.54) is 11.8 Å². The molecule has 0 bridgehead atoms. The molecule has 6 heteroatoms. The first-order chi connectivity index (χ1) is 9.15. The molecular formula is C13H13BrN2OS2. The van der Waals surface area contributed by atoms with Gasteiger partial charge in [-0.2, -0.15) is 0 Å². The van der Waals surface area contributed by atoms with Crippen LogP contribution in [0.2, 0.25) is 0 Å². The number of carbonyl (C=O) groups is 1. The van der Waals surface area contributed by atoms with Gasteiger partial charge in [-0.05, 0) is 29.6 Å². The fourth-order valence-electron chi connectivity index (χ4n) is 1.44. The van der Waals surface area contributed by atoms with Gasteiger partial charge in [0.15, 0.2) is 0 Å². The van der Waals surface area contributed by atoms with Crippen LogP contribution >= 0.6 is 39.0 Å². The smallest absolute Gasteiger partial charge is 0.230 e. The van der Waals surface area contributed by atoms with Crippen LogP contribution in [0.1, 0.15) is 4.88 Å². The molecule has 2 rings (SSSR count). The number of carbonyl (C=O) groups excluding carboxylic acids is 1. The third-order valence-corrected chi connectivity index (χ3v) is 4.83. The van der Waals surface area contributed by atoms with Gasteiger partial charge in [0.2, 0.25) is 5.91 Å². The van der Waals surface area contributed by atoms with Crippen molar-refractivity contribution in [3.8, 4) is 0 Å². The summed E-state index contributed by atoms with van der Waals surface area (Å²) in [5, 5.41) is 4.89. The maximum absolute atomic E-state index is 11.7. The van der Waals surface area contributed by atoms with Gasteiger partial charge in [-0.3, -0.25) is 4.79 Å². The molecule has 19 heavy (non-hydrogen) atoms. The molecule has 0 saturated carbocycles. The number of rotatable bonds is 5. The zero-order chi connectivity index (χ0) is 13.7. The molecule has 1 heterocycles. The highest BCUT2D eigenvalue weighted by Gasteiger charge is 2.06. The Morgan fingerprint density at radius 2 is 2.26 bits per heavy atom. The summed E-state index contributed by atoms with van der Waals surface area (Å²) in [4.78, 5) is 13.8. The zero-order valence-corrected chi connectivity index (χ0v) is 13.3. The Balaban J connectivity index is 1.80. The third kappa shape index (κ3) is 4.56. The lowest BCUT2D eigenvalue weighted by Crippen LogP contribution is -2.24. The topological polar surface area (TPSA) is 55.1 Å². The molecule has 3 N–H and O–H groups in total. The summed E-state index contributed by atoms with van der Waals surface area (Å²) in [7, 11) is 0. The van der Waals surface area contributed by atoms with Crippen LogP contribution in [0, 0.1) is 0 Å². The summed E-state index contributed by atoms with van der Waals surface area (Å²) in [6, 6.07) is 9.65. The summed E-state index contributed by atoms with van der Waals surface area (Å²) >= 11 is 6.44. The second kappa shape index (κ2) is 6.98. The summed E-state index contributed by atoms with van der Waals surface area (Å²) in [6.45, 7) is 0.590. The fraction of sp³-hybridized carbons (Fsp3) is 0.154. The van der Waals surface area contributed by atoms with E-state index in [2.05, 4.69) is 21.2 Å². The fourth-order valence-corrected chi connectivity index (χ4v) is 3.25. The quantitative estimate of drug-likeness (QED) is 0.636. The van der Waals surface area contributed by atoms with Gasteiger partial charge in [0, 0.05) is 19.9 Å². The minimum absolute atomic E-state index is 0.0146. The lowest BCUT2D eigenvalue weighted by molar-refractivity contribution is -0.118. The van der Waals surface area contributed by atoms with Gasteiger partial charge in [0.05, 0.1) is 12.3 Å². The predicted molar refractivity (Wildman–Crippen MR) is 85.4 cm³/mol. The van der Waals surface area contributed by atoms with E-state index >= 15 is 0 Å². The lowest BCUT2D eigenvalue weighted by atomic mass is 10.3. The highest BCUT2D eigenvalue weighted by atomic mass is 79.9. The Bertz CT molecular complexity index is 558. The van der Waals surface area contributed by atoms with Crippen molar-refractivity contribution in [2.24, 2.45) is 0 Å². The van der Waals surface area contributed by atoms with Crippen molar-refractivity contribution in [2.75, 3.05) is 11.5 Å². The molecule has 100 valence electrons. The van der Waals surface area contributed by atoms with Crippen LogP contribution in [-0.2, 0) is 11.3 Å². The Kier molecular flexibility index (Phi) is 5.30. The van der Waals surface area contributed by atoms with Gasteiger partial charge in [0.25, 0.3) is 0 Å². The van der Waals surface area contributed by atoms with Gasteiger partial charge in [-0.25, -0.2) is 0 Å². The Labute approximate surface area is 128 Å². The maximum atomic E-state index is 11.7. The molecule has 0 unspecified atom stereocenters. The maximum Gasteiger partial charge on any atom is 0.230 e. The summed E-state index contributed by atoms with van der Waals surface area (Å²) in [5.74, 6) is 0.387. The number of benzene rings is 1. The standard InChI is InChI=1S/C13H13BrN2OS2/c14-9-3-4-12(11(15)6-9)19-8-13(17)16-7-10-2-1-5-18-10/h1-6H,7-8,15H2,(H,16,17). The molecule has 0 atom stereocenters. The average molecular weight is 357 g/mol. The van der Waals surface area contributed by atoms with Crippen LogP contribution in [0.25, 0.3) is 0 Å². The van der Waals surface area contributed by atoms with Gasteiger partial charge in [-0.15, -0.1) is 23.1 Å². The van der Waals surface area contributed by atoms with E-state index in [1.807, 2.05) is 35.7 Å². The SMILES string of the molecule is Nc1cc(Br)ccc1SCC(=O)NCc1cccs1. The molecule has 0 aliphatic rings. The number of nitrogen functional groups attached to an aromatic ring is 1. The van der Waals surface area contributed by atoms with Gasteiger partial charge >= 0.3 is 0 Å². The molecule has 2 aromatic rings. The summed E-state index contributed by atoms with van der Waals surface area (Å²) < 4.78 is 0.941. The lowest BCUT2D eigenvalue weighted by Gasteiger charge is -2.06. The number of thiophene rings is 1. The van der Waals surface area contributed by atoms with Gasteiger partial charge < -0.3 is 11.1 Å². The monoisotopic (exact) mass is 356 g/mol. The molecular weight excluding hydrogens is 344 g/mol. The first-order valence-electron chi connectivity index (χ1n) is 5.62. The van der Waals surface area contributed by atoms with Crippen molar-refractivity contribution in [3.63, 3.8) is 0 Å². The predicted octanol–water partition coefficient (Wildman–Crippen LogP) is 3.50. The van der Waals surface area contributed by atoms with Crippen LogP contribution in [0.4, 0.5) is 5.69 Å². The molecule has 0 fully saturated rings. The first-order valence-corrected chi connectivity index (χ1v) is 8.28. The molecule has 0 spiro atoms. The second-order valence-electron chi connectivity index (χ2n) is 3.83.